The number of phenolic OH excluding ortho intramolecular Hbond substituents is 1. The molecule has 0 radical (unpaired) electrons. The molecule has 140 valence electrons. The summed E-state index contributed by atoms with van der Waals surface area (Å²) in [4.78, 5) is 16.9. The summed E-state index contributed by atoms with van der Waals surface area (Å²) in [5.74, 6) is 1.03. The quantitative estimate of drug-likeness (QED) is 0.455. The zero-order valence-corrected chi connectivity index (χ0v) is 16.4. The van der Waals surface area contributed by atoms with Crippen LogP contribution < -0.4 is 10.1 Å². The topological polar surface area (TPSA) is 84.6 Å². The van der Waals surface area contributed by atoms with Crippen LogP contribution in [0.2, 0.25) is 0 Å². The van der Waals surface area contributed by atoms with Gasteiger partial charge < -0.3 is 19.6 Å². The van der Waals surface area contributed by atoms with Crippen molar-refractivity contribution in [2.24, 2.45) is 0 Å². The zero-order chi connectivity index (χ0) is 19.7. The standard InChI is InChI=1S/C21H15BrN2O4/c1-27-15-6-2-12(3-7-15)20(26)23-14-5-9-19-17(11-14)24-21(28-19)13-4-8-18(25)16(22)10-13/h2-11,25H,1H3,(H,23,26). The first-order valence-electron chi connectivity index (χ1n) is 8.38. The van der Waals surface area contributed by atoms with Gasteiger partial charge in [0.2, 0.25) is 5.89 Å². The van der Waals surface area contributed by atoms with E-state index in [0.29, 0.717) is 38.5 Å². The van der Waals surface area contributed by atoms with Crippen molar-refractivity contribution < 1.29 is 19.1 Å². The van der Waals surface area contributed by atoms with Crippen molar-refractivity contribution in [2.75, 3.05) is 12.4 Å². The summed E-state index contributed by atoms with van der Waals surface area (Å²) >= 11 is 3.28. The van der Waals surface area contributed by atoms with Crippen molar-refractivity contribution in [2.45, 2.75) is 0 Å². The van der Waals surface area contributed by atoms with E-state index in [1.807, 2.05) is 0 Å². The Labute approximate surface area is 168 Å². The molecule has 3 aromatic carbocycles. The Balaban J connectivity index is 1.58. The highest BCUT2D eigenvalue weighted by Gasteiger charge is 2.12. The van der Waals surface area contributed by atoms with E-state index in [4.69, 9.17) is 9.15 Å². The average molecular weight is 439 g/mol. The lowest BCUT2D eigenvalue weighted by Gasteiger charge is -2.06. The third-order valence-electron chi connectivity index (χ3n) is 4.19. The molecule has 0 saturated carbocycles. The van der Waals surface area contributed by atoms with Crippen LogP contribution in [-0.2, 0) is 0 Å². The monoisotopic (exact) mass is 438 g/mol. The molecule has 2 N–H and O–H groups in total. The van der Waals surface area contributed by atoms with E-state index in [2.05, 4.69) is 26.2 Å². The zero-order valence-electron chi connectivity index (χ0n) is 14.8. The molecule has 7 heteroatoms. The van der Waals surface area contributed by atoms with Gasteiger partial charge in [0.25, 0.3) is 5.91 Å². The molecule has 4 aromatic rings. The smallest absolute Gasteiger partial charge is 0.255 e. The van der Waals surface area contributed by atoms with E-state index < -0.39 is 0 Å². The molecule has 1 aromatic heterocycles. The van der Waals surface area contributed by atoms with Crippen molar-refractivity contribution in [1.29, 1.82) is 0 Å². The second-order valence-electron chi connectivity index (χ2n) is 6.05. The number of nitrogens with zero attached hydrogens (tertiary/aromatic N) is 1. The lowest BCUT2D eigenvalue weighted by Crippen LogP contribution is -2.11. The highest BCUT2D eigenvalue weighted by atomic mass is 79.9. The van der Waals surface area contributed by atoms with Crippen molar-refractivity contribution in [3.8, 4) is 23.0 Å². The van der Waals surface area contributed by atoms with Crippen LogP contribution in [0.25, 0.3) is 22.6 Å². The number of benzene rings is 3. The Morgan fingerprint density at radius 1 is 1.11 bits per heavy atom. The molecular weight excluding hydrogens is 424 g/mol. The average Bonchev–Trinajstić information content (AvgIpc) is 3.13. The summed E-state index contributed by atoms with van der Waals surface area (Å²) in [6.45, 7) is 0. The summed E-state index contributed by atoms with van der Waals surface area (Å²) in [6.07, 6.45) is 0. The second-order valence-corrected chi connectivity index (χ2v) is 6.90. The Kier molecular flexibility index (Phi) is 4.75. The second kappa shape index (κ2) is 7.36. The number of nitrogens with one attached hydrogen (secondary N) is 1. The molecule has 0 saturated heterocycles. The van der Waals surface area contributed by atoms with E-state index in [0.717, 1.165) is 5.56 Å². The minimum atomic E-state index is -0.229. The van der Waals surface area contributed by atoms with E-state index in [9.17, 15) is 9.90 Å². The van der Waals surface area contributed by atoms with Gasteiger partial charge >= 0.3 is 0 Å². The van der Waals surface area contributed by atoms with Gasteiger partial charge in [0.15, 0.2) is 5.58 Å². The van der Waals surface area contributed by atoms with Gasteiger partial charge in [-0.05, 0) is 76.6 Å². The summed E-state index contributed by atoms with van der Waals surface area (Å²) in [6, 6.07) is 17.1. The molecule has 0 aliphatic heterocycles. The minimum absolute atomic E-state index is 0.142. The first-order chi connectivity index (χ1) is 13.5. The van der Waals surface area contributed by atoms with Gasteiger partial charge in [0.1, 0.15) is 17.0 Å². The number of methoxy groups -OCH3 is 1. The van der Waals surface area contributed by atoms with Crippen LogP contribution in [0.1, 0.15) is 10.4 Å². The van der Waals surface area contributed by atoms with Gasteiger partial charge in [-0.15, -0.1) is 0 Å². The highest BCUT2D eigenvalue weighted by Crippen LogP contribution is 2.31. The maximum absolute atomic E-state index is 12.4. The molecule has 0 aliphatic carbocycles. The summed E-state index contributed by atoms with van der Waals surface area (Å²) in [5.41, 5.74) is 3.08. The number of halogens is 1. The van der Waals surface area contributed by atoms with Gasteiger partial charge in [-0.25, -0.2) is 4.98 Å². The Hall–Kier alpha value is -3.32. The summed E-state index contributed by atoms with van der Waals surface area (Å²) in [7, 11) is 1.58. The number of oxazole rings is 1. The third kappa shape index (κ3) is 3.57. The van der Waals surface area contributed by atoms with Crippen LogP contribution in [0.15, 0.2) is 69.6 Å². The van der Waals surface area contributed by atoms with Crippen LogP contribution in [0.4, 0.5) is 5.69 Å². The van der Waals surface area contributed by atoms with Crippen LogP contribution in [0.5, 0.6) is 11.5 Å². The molecule has 4 rings (SSSR count). The van der Waals surface area contributed by atoms with Gasteiger partial charge in [-0.3, -0.25) is 4.79 Å². The predicted molar refractivity (Wildman–Crippen MR) is 110 cm³/mol. The van der Waals surface area contributed by atoms with E-state index in [1.165, 1.54) is 0 Å². The maximum Gasteiger partial charge on any atom is 0.255 e. The van der Waals surface area contributed by atoms with Crippen LogP contribution in [0, 0.1) is 0 Å². The largest absolute Gasteiger partial charge is 0.507 e. The van der Waals surface area contributed by atoms with Gasteiger partial charge in [-0.1, -0.05) is 0 Å². The van der Waals surface area contributed by atoms with Crippen LogP contribution in [0.3, 0.4) is 0 Å². The Morgan fingerprint density at radius 2 is 1.89 bits per heavy atom. The molecule has 0 bridgehead atoms. The van der Waals surface area contributed by atoms with E-state index >= 15 is 0 Å². The van der Waals surface area contributed by atoms with Gasteiger partial charge in [0, 0.05) is 16.8 Å². The van der Waals surface area contributed by atoms with Crippen molar-refractivity contribution in [1.82, 2.24) is 4.98 Å². The number of anilines is 1. The number of carbonyl (C=O) groups excluding carboxylic acids is 1. The number of amides is 1. The number of rotatable bonds is 4. The molecule has 0 spiro atoms. The lowest BCUT2D eigenvalue weighted by atomic mass is 10.2. The molecule has 28 heavy (non-hydrogen) atoms. The fraction of sp³-hybridized carbons (Fsp3) is 0.0476. The molecule has 1 amide bonds. The molecule has 0 atom stereocenters. The summed E-state index contributed by atoms with van der Waals surface area (Å²) < 4.78 is 11.4. The Bertz CT molecular complexity index is 1170. The summed E-state index contributed by atoms with van der Waals surface area (Å²) in [5, 5.41) is 12.5. The minimum Gasteiger partial charge on any atom is -0.507 e. The molecular formula is C21H15BrN2O4. The third-order valence-corrected chi connectivity index (χ3v) is 4.83. The lowest BCUT2D eigenvalue weighted by molar-refractivity contribution is 0.102. The van der Waals surface area contributed by atoms with Crippen molar-refractivity contribution >= 4 is 38.6 Å². The van der Waals surface area contributed by atoms with Crippen LogP contribution >= 0.6 is 15.9 Å². The normalized spacial score (nSPS) is 10.8. The van der Waals surface area contributed by atoms with Gasteiger partial charge in [0.05, 0.1) is 11.6 Å². The van der Waals surface area contributed by atoms with Crippen molar-refractivity contribution in [3.05, 3.63) is 70.7 Å². The molecule has 6 nitrogen and oxygen atoms in total. The fourth-order valence-electron chi connectivity index (χ4n) is 2.71. The maximum atomic E-state index is 12.4. The number of fused-ring (bicyclic) bond motifs is 1. The number of carbonyl (C=O) groups is 1. The van der Waals surface area contributed by atoms with Gasteiger partial charge in [-0.2, -0.15) is 0 Å². The Morgan fingerprint density at radius 3 is 2.61 bits per heavy atom. The fourth-order valence-corrected chi connectivity index (χ4v) is 3.09. The number of ether oxygens (including phenoxy) is 1. The number of phenols is 1. The first kappa shape index (κ1) is 18.1. The van der Waals surface area contributed by atoms with E-state index in [-0.39, 0.29) is 11.7 Å². The number of hydrogen-bond donors (Lipinski definition) is 2. The highest BCUT2D eigenvalue weighted by molar-refractivity contribution is 9.10. The van der Waals surface area contributed by atoms with Crippen LogP contribution in [-0.4, -0.2) is 23.1 Å². The number of hydrogen-bond acceptors (Lipinski definition) is 5. The number of aromatic hydroxyl groups is 1. The number of aromatic nitrogens is 1. The molecule has 0 fully saturated rings. The molecule has 0 unspecified atom stereocenters. The first-order valence-corrected chi connectivity index (χ1v) is 9.17. The molecule has 1 heterocycles. The van der Waals surface area contributed by atoms with Crippen molar-refractivity contribution in [3.63, 3.8) is 0 Å². The predicted octanol–water partition coefficient (Wildman–Crippen LogP) is 5.22. The molecule has 0 aliphatic rings. The SMILES string of the molecule is COc1ccc(C(=O)Nc2ccc3oc(-c4ccc(O)c(Br)c4)nc3c2)cc1. The van der Waals surface area contributed by atoms with E-state index in [1.54, 1.807) is 67.8 Å².